The van der Waals surface area contributed by atoms with E-state index in [1.54, 1.807) is 0 Å². The summed E-state index contributed by atoms with van der Waals surface area (Å²) in [6.07, 6.45) is 5.71. The van der Waals surface area contributed by atoms with E-state index in [2.05, 4.69) is 24.1 Å². The summed E-state index contributed by atoms with van der Waals surface area (Å²) in [5.74, 6) is -0.234. The third kappa shape index (κ3) is 8.48. The molecule has 0 aromatic heterocycles. The molecule has 0 aliphatic heterocycles. The van der Waals surface area contributed by atoms with Gasteiger partial charge < -0.3 is 16.0 Å². The Balaban J connectivity index is 4.06. The molecule has 1 atom stereocenters. The van der Waals surface area contributed by atoms with Gasteiger partial charge in [-0.25, -0.2) is 0 Å². The molecule has 0 fully saturated rings. The monoisotopic (exact) mass is 257 g/mol. The lowest BCUT2D eigenvalue weighted by Crippen LogP contribution is -2.43. The second-order valence-electron chi connectivity index (χ2n) is 4.85. The summed E-state index contributed by atoms with van der Waals surface area (Å²) in [4.78, 5) is 13.7. The van der Waals surface area contributed by atoms with Crippen LogP contribution in [-0.4, -0.2) is 43.0 Å². The number of amides is 1. The van der Waals surface area contributed by atoms with Gasteiger partial charge in [-0.1, -0.05) is 33.6 Å². The Morgan fingerprint density at radius 3 is 2.06 bits per heavy atom. The van der Waals surface area contributed by atoms with Crippen LogP contribution in [-0.2, 0) is 4.79 Å². The van der Waals surface area contributed by atoms with Gasteiger partial charge in [0.1, 0.15) is 0 Å². The SMILES string of the molecule is CCCCN(CCCC)CCC(NCC)C(N)=O. The second-order valence-corrected chi connectivity index (χ2v) is 4.85. The van der Waals surface area contributed by atoms with Crippen LogP contribution < -0.4 is 11.1 Å². The fourth-order valence-corrected chi connectivity index (χ4v) is 2.00. The zero-order valence-electron chi connectivity index (χ0n) is 12.4. The minimum atomic E-state index is -0.234. The van der Waals surface area contributed by atoms with Crippen molar-refractivity contribution in [3.63, 3.8) is 0 Å². The van der Waals surface area contributed by atoms with Crippen LogP contribution >= 0.6 is 0 Å². The summed E-state index contributed by atoms with van der Waals surface area (Å²) in [6.45, 7) is 10.4. The van der Waals surface area contributed by atoms with E-state index in [-0.39, 0.29) is 11.9 Å². The number of nitrogens with two attached hydrogens (primary N) is 1. The standard InChI is InChI=1S/C14H31N3O/c1-4-7-10-17(11-8-5-2)12-9-13(14(15)18)16-6-3/h13,16H,4-12H2,1-3H3,(H2,15,18). The highest BCUT2D eigenvalue weighted by molar-refractivity contribution is 5.79. The van der Waals surface area contributed by atoms with Gasteiger partial charge in [0.15, 0.2) is 0 Å². The quantitative estimate of drug-likeness (QED) is 0.560. The molecule has 0 saturated heterocycles. The lowest BCUT2D eigenvalue weighted by molar-refractivity contribution is -0.120. The number of likely N-dealkylation sites (N-methyl/N-ethyl adjacent to an activating group) is 1. The molecule has 4 heteroatoms. The van der Waals surface area contributed by atoms with Crippen molar-refractivity contribution in [2.24, 2.45) is 5.73 Å². The van der Waals surface area contributed by atoms with Gasteiger partial charge in [-0.2, -0.15) is 0 Å². The van der Waals surface area contributed by atoms with Gasteiger partial charge >= 0.3 is 0 Å². The smallest absolute Gasteiger partial charge is 0.234 e. The molecular formula is C14H31N3O. The molecule has 0 aromatic rings. The number of unbranched alkanes of at least 4 members (excludes halogenated alkanes) is 2. The van der Waals surface area contributed by atoms with E-state index in [0.29, 0.717) is 0 Å². The largest absolute Gasteiger partial charge is 0.368 e. The number of carbonyl (C=O) groups excluding carboxylic acids is 1. The Hall–Kier alpha value is -0.610. The van der Waals surface area contributed by atoms with Crippen LogP contribution in [0.2, 0.25) is 0 Å². The van der Waals surface area contributed by atoms with Gasteiger partial charge in [0.2, 0.25) is 5.91 Å². The van der Waals surface area contributed by atoms with Crippen molar-refractivity contribution in [3.8, 4) is 0 Å². The van der Waals surface area contributed by atoms with E-state index >= 15 is 0 Å². The molecule has 0 saturated carbocycles. The Kier molecular flexibility index (Phi) is 11.1. The van der Waals surface area contributed by atoms with Crippen molar-refractivity contribution in [1.82, 2.24) is 10.2 Å². The normalized spacial score (nSPS) is 12.9. The zero-order valence-corrected chi connectivity index (χ0v) is 12.4. The Morgan fingerprint density at radius 1 is 1.11 bits per heavy atom. The fraction of sp³-hybridized carbons (Fsp3) is 0.929. The fourth-order valence-electron chi connectivity index (χ4n) is 2.00. The van der Waals surface area contributed by atoms with Gasteiger partial charge in [0, 0.05) is 6.54 Å². The molecule has 0 aliphatic carbocycles. The van der Waals surface area contributed by atoms with Crippen LogP contribution in [0, 0.1) is 0 Å². The molecule has 0 heterocycles. The van der Waals surface area contributed by atoms with E-state index in [1.165, 1.54) is 25.7 Å². The van der Waals surface area contributed by atoms with Gasteiger partial charge in [-0.15, -0.1) is 0 Å². The number of nitrogens with zero attached hydrogens (tertiary/aromatic N) is 1. The highest BCUT2D eigenvalue weighted by Crippen LogP contribution is 2.02. The van der Waals surface area contributed by atoms with Gasteiger partial charge in [-0.05, 0) is 38.9 Å². The molecule has 1 amide bonds. The Bertz CT molecular complexity index is 201. The third-order valence-corrected chi connectivity index (χ3v) is 3.18. The maximum Gasteiger partial charge on any atom is 0.234 e. The van der Waals surface area contributed by atoms with Crippen molar-refractivity contribution in [2.75, 3.05) is 26.2 Å². The first-order valence-corrected chi connectivity index (χ1v) is 7.40. The first-order chi connectivity index (χ1) is 8.65. The third-order valence-electron chi connectivity index (χ3n) is 3.18. The topological polar surface area (TPSA) is 58.4 Å². The van der Waals surface area contributed by atoms with Gasteiger partial charge in [-0.3, -0.25) is 4.79 Å². The summed E-state index contributed by atoms with van der Waals surface area (Å²) in [5.41, 5.74) is 5.39. The second kappa shape index (κ2) is 11.5. The molecular weight excluding hydrogens is 226 g/mol. The highest BCUT2D eigenvalue weighted by Gasteiger charge is 2.15. The average Bonchev–Trinajstić information content (AvgIpc) is 2.36. The van der Waals surface area contributed by atoms with Crippen LogP contribution in [0.5, 0.6) is 0 Å². The number of carbonyl (C=O) groups is 1. The maximum absolute atomic E-state index is 11.3. The number of nitrogens with one attached hydrogen (secondary N) is 1. The van der Waals surface area contributed by atoms with Crippen molar-refractivity contribution < 1.29 is 4.79 Å². The summed E-state index contributed by atoms with van der Waals surface area (Å²) in [6, 6.07) is -0.180. The van der Waals surface area contributed by atoms with Crippen molar-refractivity contribution >= 4 is 5.91 Å². The number of hydrogen-bond donors (Lipinski definition) is 2. The number of rotatable bonds is 12. The van der Waals surface area contributed by atoms with Gasteiger partial charge in [0.25, 0.3) is 0 Å². The van der Waals surface area contributed by atoms with Crippen LogP contribution in [0.3, 0.4) is 0 Å². The van der Waals surface area contributed by atoms with Crippen LogP contribution in [0.25, 0.3) is 0 Å². The van der Waals surface area contributed by atoms with E-state index in [9.17, 15) is 4.79 Å². The Labute approximate surface area is 112 Å². The summed E-state index contributed by atoms with van der Waals surface area (Å²) >= 11 is 0. The van der Waals surface area contributed by atoms with E-state index < -0.39 is 0 Å². The van der Waals surface area contributed by atoms with Crippen molar-refractivity contribution in [1.29, 1.82) is 0 Å². The van der Waals surface area contributed by atoms with E-state index in [0.717, 1.165) is 32.6 Å². The summed E-state index contributed by atoms with van der Waals surface area (Å²) in [7, 11) is 0. The molecule has 4 nitrogen and oxygen atoms in total. The molecule has 18 heavy (non-hydrogen) atoms. The molecule has 0 radical (unpaired) electrons. The molecule has 108 valence electrons. The average molecular weight is 257 g/mol. The van der Waals surface area contributed by atoms with Crippen molar-refractivity contribution in [3.05, 3.63) is 0 Å². The summed E-state index contributed by atoms with van der Waals surface area (Å²) in [5, 5.41) is 3.15. The predicted octanol–water partition coefficient (Wildman–Crippen LogP) is 1.74. The van der Waals surface area contributed by atoms with Crippen LogP contribution in [0.4, 0.5) is 0 Å². The highest BCUT2D eigenvalue weighted by atomic mass is 16.1. The minimum absolute atomic E-state index is 0.180. The van der Waals surface area contributed by atoms with Gasteiger partial charge in [0.05, 0.1) is 6.04 Å². The van der Waals surface area contributed by atoms with E-state index in [1.807, 2.05) is 6.92 Å². The lowest BCUT2D eigenvalue weighted by Gasteiger charge is -2.24. The molecule has 0 aromatic carbocycles. The molecule has 0 rings (SSSR count). The van der Waals surface area contributed by atoms with Crippen LogP contribution in [0.15, 0.2) is 0 Å². The zero-order chi connectivity index (χ0) is 13.8. The molecule has 3 N–H and O–H groups in total. The molecule has 0 aliphatic rings. The first kappa shape index (κ1) is 17.4. The number of primary amides is 1. The predicted molar refractivity (Wildman–Crippen MR) is 77.5 cm³/mol. The molecule has 0 spiro atoms. The number of hydrogen-bond acceptors (Lipinski definition) is 3. The van der Waals surface area contributed by atoms with E-state index in [4.69, 9.17) is 5.73 Å². The minimum Gasteiger partial charge on any atom is -0.368 e. The first-order valence-electron chi connectivity index (χ1n) is 7.40. The molecule has 0 bridgehead atoms. The summed E-state index contributed by atoms with van der Waals surface area (Å²) < 4.78 is 0. The van der Waals surface area contributed by atoms with Crippen LogP contribution in [0.1, 0.15) is 52.9 Å². The lowest BCUT2D eigenvalue weighted by atomic mass is 10.1. The molecule has 1 unspecified atom stereocenters. The maximum atomic E-state index is 11.3. The Morgan fingerprint density at radius 2 is 1.67 bits per heavy atom. The van der Waals surface area contributed by atoms with Crippen molar-refractivity contribution in [2.45, 2.75) is 58.9 Å².